The van der Waals surface area contributed by atoms with Crippen LogP contribution in [0.15, 0.2) is 58.0 Å². The van der Waals surface area contributed by atoms with Crippen LogP contribution in [0.25, 0.3) is 11.3 Å². The highest BCUT2D eigenvalue weighted by Gasteiger charge is 2.12. The minimum absolute atomic E-state index is 0.0872. The number of aryl methyl sites for hydroxylation is 1. The third-order valence-electron chi connectivity index (χ3n) is 3.70. The van der Waals surface area contributed by atoms with Gasteiger partial charge in [0.2, 0.25) is 5.91 Å². The lowest BCUT2D eigenvalue weighted by Crippen LogP contribution is -2.13. The molecule has 0 radical (unpaired) electrons. The molecule has 1 heterocycles. The Morgan fingerprint density at radius 3 is 2.81 bits per heavy atom. The number of para-hydroxylation sites is 1. The Labute approximate surface area is 165 Å². The molecular weight excluding hydrogens is 391 g/mol. The van der Waals surface area contributed by atoms with Crippen LogP contribution in [0.4, 0.5) is 5.69 Å². The molecule has 0 bridgehead atoms. The number of aromatic nitrogens is 1. The normalized spacial score (nSPS) is 10.7. The number of carbonyl (C=O) groups is 1. The van der Waals surface area contributed by atoms with E-state index in [1.807, 2.05) is 30.5 Å². The maximum Gasteiger partial charge on any atom is 0.224 e. The quantitative estimate of drug-likeness (QED) is 0.514. The van der Waals surface area contributed by atoms with Gasteiger partial charge in [0.1, 0.15) is 0 Å². The van der Waals surface area contributed by atoms with Crippen molar-refractivity contribution in [3.05, 3.63) is 64.6 Å². The number of thioether (sulfide) groups is 1. The molecule has 26 heavy (non-hydrogen) atoms. The van der Waals surface area contributed by atoms with Crippen LogP contribution in [0.2, 0.25) is 10.0 Å². The van der Waals surface area contributed by atoms with E-state index in [4.69, 9.17) is 27.6 Å². The second-order valence-electron chi connectivity index (χ2n) is 5.49. The number of hydrogen-bond donors (Lipinski definition) is 1. The molecule has 0 spiro atoms. The van der Waals surface area contributed by atoms with E-state index < -0.39 is 0 Å². The Kier molecular flexibility index (Phi) is 6.25. The number of hydrogen-bond acceptors (Lipinski definition) is 4. The zero-order valence-electron chi connectivity index (χ0n) is 14.0. The van der Waals surface area contributed by atoms with Crippen LogP contribution < -0.4 is 5.32 Å². The molecule has 1 N–H and O–H groups in total. The van der Waals surface area contributed by atoms with E-state index in [1.165, 1.54) is 0 Å². The number of benzene rings is 2. The van der Waals surface area contributed by atoms with E-state index in [1.54, 1.807) is 36.2 Å². The maximum absolute atomic E-state index is 12.2. The molecule has 0 saturated carbocycles. The van der Waals surface area contributed by atoms with E-state index in [2.05, 4.69) is 10.3 Å². The van der Waals surface area contributed by atoms with E-state index in [0.29, 0.717) is 33.7 Å². The lowest BCUT2D eigenvalue weighted by molar-refractivity contribution is -0.116. The van der Waals surface area contributed by atoms with Crippen LogP contribution in [-0.4, -0.2) is 17.1 Å². The van der Waals surface area contributed by atoms with E-state index in [0.717, 1.165) is 10.6 Å². The Balaban J connectivity index is 1.62. The number of carbonyl (C=O) groups excluding carboxylic acids is 1. The van der Waals surface area contributed by atoms with Gasteiger partial charge < -0.3 is 9.73 Å². The van der Waals surface area contributed by atoms with Gasteiger partial charge in [-0.2, -0.15) is 0 Å². The molecule has 0 aliphatic heterocycles. The van der Waals surface area contributed by atoms with Crippen molar-refractivity contribution in [3.8, 4) is 11.3 Å². The molecule has 1 aromatic heterocycles. The zero-order valence-corrected chi connectivity index (χ0v) is 16.3. The van der Waals surface area contributed by atoms with Gasteiger partial charge in [-0.05, 0) is 36.6 Å². The highest BCUT2D eigenvalue weighted by molar-refractivity contribution is 7.98. The van der Waals surface area contributed by atoms with Crippen LogP contribution in [0, 0.1) is 0 Å². The molecular formula is C19H16Cl2N2O2S. The second kappa shape index (κ2) is 8.62. The summed E-state index contributed by atoms with van der Waals surface area (Å²) in [5.41, 5.74) is 1.53. The third-order valence-corrected chi connectivity index (χ3v) is 5.04. The molecule has 0 fully saturated rings. The van der Waals surface area contributed by atoms with Gasteiger partial charge in [0.05, 0.1) is 16.9 Å². The van der Waals surface area contributed by atoms with Crippen LogP contribution >= 0.6 is 35.0 Å². The predicted molar refractivity (Wildman–Crippen MR) is 107 cm³/mol. The van der Waals surface area contributed by atoms with Crippen molar-refractivity contribution in [1.29, 1.82) is 0 Å². The van der Waals surface area contributed by atoms with Crippen molar-refractivity contribution < 1.29 is 9.21 Å². The minimum atomic E-state index is -0.0872. The van der Waals surface area contributed by atoms with Gasteiger partial charge in [-0.15, -0.1) is 11.8 Å². The molecule has 1 amide bonds. The summed E-state index contributed by atoms with van der Waals surface area (Å²) in [7, 11) is 0. The van der Waals surface area contributed by atoms with Crippen molar-refractivity contribution >= 4 is 46.6 Å². The maximum atomic E-state index is 12.2. The van der Waals surface area contributed by atoms with E-state index in [-0.39, 0.29) is 12.3 Å². The van der Waals surface area contributed by atoms with Gasteiger partial charge in [-0.3, -0.25) is 4.79 Å². The third kappa shape index (κ3) is 4.61. The van der Waals surface area contributed by atoms with Crippen molar-refractivity contribution in [2.75, 3.05) is 11.6 Å². The van der Waals surface area contributed by atoms with Gasteiger partial charge in [-0.1, -0.05) is 35.3 Å². The van der Waals surface area contributed by atoms with E-state index >= 15 is 0 Å². The summed E-state index contributed by atoms with van der Waals surface area (Å²) < 4.78 is 5.71. The standard InChI is InChI=1S/C19H16Cl2N2O2S/c1-26-17-5-3-2-4-15(17)23-18(24)8-9-19-22-11-16(25-19)13-7-6-12(20)10-14(13)21/h2-7,10-11H,8-9H2,1H3,(H,23,24). The lowest BCUT2D eigenvalue weighted by Gasteiger charge is -2.08. The van der Waals surface area contributed by atoms with Gasteiger partial charge >= 0.3 is 0 Å². The average molecular weight is 407 g/mol. The van der Waals surface area contributed by atoms with Crippen molar-refractivity contribution in [3.63, 3.8) is 0 Å². The topological polar surface area (TPSA) is 55.1 Å². The minimum Gasteiger partial charge on any atom is -0.441 e. The summed E-state index contributed by atoms with van der Waals surface area (Å²) in [6, 6.07) is 12.9. The first-order valence-electron chi connectivity index (χ1n) is 7.90. The summed E-state index contributed by atoms with van der Waals surface area (Å²) in [6.07, 6.45) is 4.25. The average Bonchev–Trinajstić information content (AvgIpc) is 3.09. The molecule has 0 atom stereocenters. The second-order valence-corrected chi connectivity index (χ2v) is 7.18. The van der Waals surface area contributed by atoms with Gasteiger partial charge in [-0.25, -0.2) is 4.98 Å². The summed E-state index contributed by atoms with van der Waals surface area (Å²) in [6.45, 7) is 0. The first-order valence-corrected chi connectivity index (χ1v) is 9.88. The summed E-state index contributed by atoms with van der Waals surface area (Å²) in [5.74, 6) is 0.949. The number of nitrogens with one attached hydrogen (secondary N) is 1. The van der Waals surface area contributed by atoms with Gasteiger partial charge in [0.15, 0.2) is 11.7 Å². The lowest BCUT2D eigenvalue weighted by atomic mass is 10.2. The van der Waals surface area contributed by atoms with Crippen LogP contribution in [-0.2, 0) is 11.2 Å². The first kappa shape index (κ1) is 18.8. The zero-order chi connectivity index (χ0) is 18.5. The van der Waals surface area contributed by atoms with Crippen LogP contribution in [0.1, 0.15) is 12.3 Å². The molecule has 0 unspecified atom stereocenters. The van der Waals surface area contributed by atoms with E-state index in [9.17, 15) is 4.79 Å². The summed E-state index contributed by atoms with van der Waals surface area (Å²) >= 11 is 13.7. The number of nitrogens with zero attached hydrogens (tertiary/aromatic N) is 1. The fraction of sp³-hybridized carbons (Fsp3) is 0.158. The van der Waals surface area contributed by atoms with Gasteiger partial charge in [0.25, 0.3) is 0 Å². The number of oxazole rings is 1. The molecule has 3 rings (SSSR count). The Hall–Kier alpha value is -1.95. The number of rotatable bonds is 6. The molecule has 134 valence electrons. The highest BCUT2D eigenvalue weighted by Crippen LogP contribution is 2.31. The number of amides is 1. The fourth-order valence-corrected chi connectivity index (χ4v) is 3.48. The highest BCUT2D eigenvalue weighted by atomic mass is 35.5. The van der Waals surface area contributed by atoms with Crippen LogP contribution in [0.3, 0.4) is 0 Å². The van der Waals surface area contributed by atoms with Gasteiger partial charge in [0, 0.05) is 28.3 Å². The smallest absolute Gasteiger partial charge is 0.224 e. The Morgan fingerprint density at radius 2 is 2.04 bits per heavy atom. The molecule has 2 aromatic carbocycles. The number of anilines is 1. The summed E-state index contributed by atoms with van der Waals surface area (Å²) in [5, 5.41) is 3.97. The fourth-order valence-electron chi connectivity index (χ4n) is 2.42. The first-order chi connectivity index (χ1) is 12.6. The molecule has 0 aliphatic carbocycles. The van der Waals surface area contributed by atoms with Crippen molar-refractivity contribution in [1.82, 2.24) is 4.98 Å². The molecule has 7 heteroatoms. The van der Waals surface area contributed by atoms with Crippen LogP contribution in [0.5, 0.6) is 0 Å². The molecule has 4 nitrogen and oxygen atoms in total. The predicted octanol–water partition coefficient (Wildman–Crippen LogP) is 5.94. The van der Waals surface area contributed by atoms with Crippen molar-refractivity contribution in [2.24, 2.45) is 0 Å². The molecule has 0 saturated heterocycles. The molecule has 3 aromatic rings. The van der Waals surface area contributed by atoms with Crippen molar-refractivity contribution in [2.45, 2.75) is 17.7 Å². The molecule has 0 aliphatic rings. The monoisotopic (exact) mass is 406 g/mol. The largest absolute Gasteiger partial charge is 0.441 e. The number of halogens is 2. The SMILES string of the molecule is CSc1ccccc1NC(=O)CCc1ncc(-c2ccc(Cl)cc2Cl)o1. The Morgan fingerprint density at radius 1 is 1.23 bits per heavy atom. The Bertz CT molecular complexity index is 927. The summed E-state index contributed by atoms with van der Waals surface area (Å²) in [4.78, 5) is 17.4.